The summed E-state index contributed by atoms with van der Waals surface area (Å²) in [4.78, 5) is 9.49. The monoisotopic (exact) mass is 420 g/mol. The maximum absolute atomic E-state index is 4.75. The number of hydrogen-bond acceptors (Lipinski definition) is 4. The molecule has 158 valence electrons. The SMILES string of the molecule is CC(C)(C)c1cc(-c2n[nH]c(-c3ccccc3)n2)cc(-c2n[nH]c(-c3ccccc3)n2)c1. The summed E-state index contributed by atoms with van der Waals surface area (Å²) < 4.78 is 0. The van der Waals surface area contributed by atoms with Gasteiger partial charge in [0.25, 0.3) is 0 Å². The van der Waals surface area contributed by atoms with Gasteiger partial charge in [0, 0.05) is 22.3 Å². The van der Waals surface area contributed by atoms with Crippen LogP contribution in [0.4, 0.5) is 0 Å². The average Bonchev–Trinajstić information content (AvgIpc) is 3.50. The van der Waals surface area contributed by atoms with Crippen molar-refractivity contribution < 1.29 is 0 Å². The Balaban J connectivity index is 1.58. The molecule has 5 rings (SSSR count). The molecule has 0 aliphatic carbocycles. The molecule has 0 atom stereocenters. The third-order valence-corrected chi connectivity index (χ3v) is 5.38. The van der Waals surface area contributed by atoms with Crippen LogP contribution in [0.5, 0.6) is 0 Å². The lowest BCUT2D eigenvalue weighted by molar-refractivity contribution is 0.590. The van der Waals surface area contributed by atoms with Crippen LogP contribution in [-0.2, 0) is 5.41 Å². The molecule has 0 radical (unpaired) electrons. The van der Waals surface area contributed by atoms with Crippen molar-refractivity contribution in [3.05, 3.63) is 84.4 Å². The largest absolute Gasteiger partial charge is 0.259 e. The van der Waals surface area contributed by atoms with E-state index in [1.165, 1.54) is 5.56 Å². The number of hydrogen-bond donors (Lipinski definition) is 2. The van der Waals surface area contributed by atoms with Crippen molar-refractivity contribution in [1.82, 2.24) is 30.4 Å². The van der Waals surface area contributed by atoms with E-state index in [4.69, 9.17) is 9.97 Å². The van der Waals surface area contributed by atoms with Crippen molar-refractivity contribution >= 4 is 0 Å². The molecule has 2 heterocycles. The smallest absolute Gasteiger partial charge is 0.181 e. The fourth-order valence-corrected chi connectivity index (χ4v) is 3.55. The maximum atomic E-state index is 4.75. The first-order valence-electron chi connectivity index (χ1n) is 10.6. The van der Waals surface area contributed by atoms with E-state index in [1.807, 2.05) is 66.7 Å². The fraction of sp³-hybridized carbons (Fsp3) is 0.154. The number of nitrogens with one attached hydrogen (secondary N) is 2. The number of nitrogens with zero attached hydrogens (tertiary/aromatic N) is 4. The lowest BCUT2D eigenvalue weighted by Crippen LogP contribution is -2.11. The van der Waals surface area contributed by atoms with Crippen LogP contribution < -0.4 is 0 Å². The zero-order chi connectivity index (χ0) is 22.1. The molecule has 0 saturated carbocycles. The molecule has 0 aliphatic rings. The molecule has 32 heavy (non-hydrogen) atoms. The zero-order valence-corrected chi connectivity index (χ0v) is 18.3. The van der Waals surface area contributed by atoms with Crippen molar-refractivity contribution in [2.75, 3.05) is 0 Å². The van der Waals surface area contributed by atoms with Crippen LogP contribution in [0.3, 0.4) is 0 Å². The van der Waals surface area contributed by atoms with Gasteiger partial charge in [-0.2, -0.15) is 10.2 Å². The van der Waals surface area contributed by atoms with Crippen molar-refractivity contribution in [2.45, 2.75) is 26.2 Å². The number of H-pyrrole nitrogens is 2. The van der Waals surface area contributed by atoms with Crippen molar-refractivity contribution in [1.29, 1.82) is 0 Å². The summed E-state index contributed by atoms with van der Waals surface area (Å²) in [5.74, 6) is 2.78. The minimum Gasteiger partial charge on any atom is -0.259 e. The van der Waals surface area contributed by atoms with E-state index >= 15 is 0 Å². The highest BCUT2D eigenvalue weighted by Crippen LogP contribution is 2.32. The van der Waals surface area contributed by atoms with Gasteiger partial charge in [0.2, 0.25) is 0 Å². The van der Waals surface area contributed by atoms with E-state index in [0.29, 0.717) is 11.6 Å². The summed E-state index contributed by atoms with van der Waals surface area (Å²) in [6.07, 6.45) is 0. The summed E-state index contributed by atoms with van der Waals surface area (Å²) in [7, 11) is 0. The predicted molar refractivity (Wildman–Crippen MR) is 127 cm³/mol. The average molecular weight is 421 g/mol. The van der Waals surface area contributed by atoms with Gasteiger partial charge >= 0.3 is 0 Å². The fourth-order valence-electron chi connectivity index (χ4n) is 3.55. The number of rotatable bonds is 4. The Bertz CT molecular complexity index is 1250. The summed E-state index contributed by atoms with van der Waals surface area (Å²) in [5.41, 5.74) is 4.97. The van der Waals surface area contributed by atoms with Gasteiger partial charge in [-0.05, 0) is 29.2 Å². The highest BCUT2D eigenvalue weighted by molar-refractivity contribution is 5.70. The van der Waals surface area contributed by atoms with E-state index in [-0.39, 0.29) is 5.41 Å². The van der Waals surface area contributed by atoms with Crippen molar-refractivity contribution in [3.8, 4) is 45.6 Å². The molecule has 3 aromatic carbocycles. The minimum atomic E-state index is -0.0537. The van der Waals surface area contributed by atoms with Crippen LogP contribution in [0.25, 0.3) is 45.6 Å². The first-order valence-corrected chi connectivity index (χ1v) is 10.6. The molecule has 2 aromatic heterocycles. The van der Waals surface area contributed by atoms with E-state index in [9.17, 15) is 0 Å². The van der Waals surface area contributed by atoms with Gasteiger partial charge in [0.15, 0.2) is 23.3 Å². The molecule has 0 spiro atoms. The molecule has 0 amide bonds. The second-order valence-electron chi connectivity index (χ2n) is 8.80. The Morgan fingerprint density at radius 1 is 0.562 bits per heavy atom. The first-order chi connectivity index (χ1) is 15.5. The highest BCUT2D eigenvalue weighted by Gasteiger charge is 2.19. The van der Waals surface area contributed by atoms with Crippen LogP contribution in [0.1, 0.15) is 26.3 Å². The first kappa shape index (κ1) is 19.9. The molecule has 0 aliphatic heterocycles. The summed E-state index contributed by atoms with van der Waals surface area (Å²) >= 11 is 0. The van der Waals surface area contributed by atoms with Crippen LogP contribution in [-0.4, -0.2) is 30.4 Å². The molecule has 2 N–H and O–H groups in total. The summed E-state index contributed by atoms with van der Waals surface area (Å²) in [6, 6.07) is 26.3. The van der Waals surface area contributed by atoms with Crippen molar-refractivity contribution in [2.24, 2.45) is 0 Å². The third kappa shape index (κ3) is 3.95. The molecule has 0 unspecified atom stereocenters. The summed E-state index contributed by atoms with van der Waals surface area (Å²) in [6.45, 7) is 6.57. The number of aromatic amines is 2. The number of benzene rings is 3. The lowest BCUT2D eigenvalue weighted by Gasteiger charge is -2.20. The van der Waals surface area contributed by atoms with Crippen LogP contribution in [0.15, 0.2) is 78.9 Å². The molecule has 0 fully saturated rings. The third-order valence-electron chi connectivity index (χ3n) is 5.38. The van der Waals surface area contributed by atoms with E-state index in [0.717, 1.165) is 33.9 Å². The lowest BCUT2D eigenvalue weighted by atomic mass is 9.85. The predicted octanol–water partition coefficient (Wildman–Crippen LogP) is 5.89. The Labute approximate surface area is 186 Å². The molecule has 6 nitrogen and oxygen atoms in total. The van der Waals surface area contributed by atoms with Gasteiger partial charge in [-0.25, -0.2) is 9.97 Å². The highest BCUT2D eigenvalue weighted by atomic mass is 15.2. The van der Waals surface area contributed by atoms with Gasteiger partial charge in [0.05, 0.1) is 0 Å². The topological polar surface area (TPSA) is 83.1 Å². The Morgan fingerprint density at radius 3 is 1.41 bits per heavy atom. The Kier molecular flexibility index (Phi) is 4.90. The molecule has 0 bridgehead atoms. The second kappa shape index (κ2) is 7.89. The van der Waals surface area contributed by atoms with E-state index in [2.05, 4.69) is 53.3 Å². The van der Waals surface area contributed by atoms with Gasteiger partial charge in [-0.1, -0.05) is 81.4 Å². The van der Waals surface area contributed by atoms with Crippen LogP contribution in [0, 0.1) is 0 Å². The summed E-state index contributed by atoms with van der Waals surface area (Å²) in [5, 5.41) is 15.1. The van der Waals surface area contributed by atoms with Gasteiger partial charge < -0.3 is 0 Å². The molecule has 0 saturated heterocycles. The van der Waals surface area contributed by atoms with Crippen molar-refractivity contribution in [3.63, 3.8) is 0 Å². The minimum absolute atomic E-state index is 0.0537. The van der Waals surface area contributed by atoms with E-state index < -0.39 is 0 Å². The Morgan fingerprint density at radius 2 is 1.00 bits per heavy atom. The quantitative estimate of drug-likeness (QED) is 0.380. The van der Waals surface area contributed by atoms with Crippen LogP contribution >= 0.6 is 0 Å². The standard InChI is InChI=1S/C26H24N6/c1-26(2,3)21-15-19(24-27-22(29-31-24)17-10-6-4-7-11-17)14-20(16-21)25-28-23(30-32-25)18-12-8-5-9-13-18/h4-16H,1-3H3,(H,27,29,31)(H,28,30,32). The molecular weight excluding hydrogens is 396 g/mol. The van der Waals surface area contributed by atoms with Gasteiger partial charge in [-0.3, -0.25) is 10.2 Å². The maximum Gasteiger partial charge on any atom is 0.181 e. The van der Waals surface area contributed by atoms with E-state index in [1.54, 1.807) is 0 Å². The molecule has 6 heteroatoms. The Hall–Kier alpha value is -4.06. The normalized spacial score (nSPS) is 11.6. The van der Waals surface area contributed by atoms with Gasteiger partial charge in [-0.15, -0.1) is 0 Å². The number of aromatic nitrogens is 6. The van der Waals surface area contributed by atoms with Gasteiger partial charge in [0.1, 0.15) is 0 Å². The zero-order valence-electron chi connectivity index (χ0n) is 18.3. The molecule has 5 aromatic rings. The second-order valence-corrected chi connectivity index (χ2v) is 8.80. The molecular formula is C26H24N6. The van der Waals surface area contributed by atoms with Crippen LogP contribution in [0.2, 0.25) is 0 Å².